The van der Waals surface area contributed by atoms with Crippen molar-refractivity contribution < 1.29 is 251 Å². The molecule has 3 amide bonds. The molecule has 0 aromatic rings. The second kappa shape index (κ2) is 32.4. The van der Waals surface area contributed by atoms with E-state index in [0.717, 1.165) is 20.8 Å². The number of carboxylic acid groups (broad SMARTS) is 3. The molecule has 39 heteroatoms. The predicted octanol–water partition coefficient (Wildman–Crippen LogP) is -25.3. The van der Waals surface area contributed by atoms with Crippen LogP contribution in [0.1, 0.15) is 27.7 Å². The fourth-order valence-corrected chi connectivity index (χ4v) is 9.79. The first-order valence-electron chi connectivity index (χ1n) is 24.3. The number of ether oxygens (including phenoxy) is 11. The Bertz CT molecular complexity index is 2140. The molecule has 0 aromatic carbocycles. The first-order valence-corrected chi connectivity index (χ1v) is 24.3. The van der Waals surface area contributed by atoms with Crippen LogP contribution in [0, 0.1) is 0 Å². The number of aliphatic hydroxyl groups is 13. The normalized spacial score (nSPS) is 44.9. The summed E-state index contributed by atoms with van der Waals surface area (Å²) in [7, 11) is 0. The fourth-order valence-electron chi connectivity index (χ4n) is 9.79. The topological polar surface area (TPSA) is 572 Å². The van der Waals surface area contributed by atoms with Crippen LogP contribution in [0.15, 0.2) is 0 Å². The third-order valence-corrected chi connectivity index (χ3v) is 13.8. The maximum Gasteiger partial charge on any atom is 1.00 e. The summed E-state index contributed by atoms with van der Waals surface area (Å²) >= 11 is 0. The minimum absolute atomic E-state index is 0. The molecular formula is C43H64N3Na3O33. The van der Waals surface area contributed by atoms with E-state index in [4.69, 9.17) is 52.1 Å². The average molecular weight is 1220 g/mol. The standard InChI is InChI=1S/C43H67N3O33.3Na/c1-8-18(53)23(58)30(33(69-8)36(63)64)76-40-16(45-10(3)51)28(20(55)13(6-48)71-40)73-43-27(62)25(60)32(35(79-43)38(67)68)77-41-17(46-11(4)52)29(21(56)14(7-49)72-41)74-42-26(61)24(59)31(34(78-42)37(65)66)75-39-15(44-9(2)50)22(57)19(54)12(5-47)70-39;;;/h8,12-35,39-43,47-49,53-62H,5-7H2,1-4H3,(H,44,50)(H,45,51)(H,46,52)(H,63,64)(H,65,66)(H,67,68);;;/q;3*+1/p-3/t8-,12-,13-,14?,15?,16?,17?,18?,19-,20-,21-,22?,23+,24+,25?,26?,27?,28?,29+,30-,31-,32-,33?,34?,35+,39-,40-,41-,42+,43+;;;/m0.../s1. The first-order chi connectivity index (χ1) is 37.1. The summed E-state index contributed by atoms with van der Waals surface area (Å²) in [4.78, 5) is 74.8. The van der Waals surface area contributed by atoms with Crippen LogP contribution in [0.2, 0.25) is 0 Å². The molecule has 16 N–H and O–H groups in total. The van der Waals surface area contributed by atoms with Crippen molar-refractivity contribution in [1.82, 2.24) is 16.0 Å². The van der Waals surface area contributed by atoms with Crippen LogP contribution < -0.4 is 120 Å². The monoisotopic (exact) mass is 1220 g/mol. The molecule has 30 atom stereocenters. The van der Waals surface area contributed by atoms with Gasteiger partial charge in [0.15, 0.2) is 31.5 Å². The van der Waals surface area contributed by atoms with E-state index in [1.54, 1.807) is 0 Å². The smallest absolute Gasteiger partial charge is 0.547 e. The van der Waals surface area contributed by atoms with Crippen LogP contribution in [-0.4, -0.2) is 306 Å². The van der Waals surface area contributed by atoms with Gasteiger partial charge in [-0.05, 0) is 6.92 Å². The Hall–Kier alpha value is -1.14. The molecule has 6 heterocycles. The molecule has 6 rings (SSSR count). The fraction of sp³-hybridized carbons (Fsp3) is 0.860. The van der Waals surface area contributed by atoms with Crippen molar-refractivity contribution in [1.29, 1.82) is 0 Å². The second-order valence-corrected chi connectivity index (χ2v) is 19.3. The first kappa shape index (κ1) is 75.1. The molecular weight excluding hydrogens is 1160 g/mol. The van der Waals surface area contributed by atoms with Gasteiger partial charge in [0.25, 0.3) is 0 Å². The van der Waals surface area contributed by atoms with Crippen molar-refractivity contribution >= 4 is 35.6 Å². The van der Waals surface area contributed by atoms with Crippen LogP contribution in [0.3, 0.4) is 0 Å². The summed E-state index contributed by atoms with van der Waals surface area (Å²) < 4.78 is 61.4. The summed E-state index contributed by atoms with van der Waals surface area (Å²) in [5, 5.41) is 185. The summed E-state index contributed by atoms with van der Waals surface area (Å²) in [6.45, 7) is 0.756. The van der Waals surface area contributed by atoms with Crippen molar-refractivity contribution in [3.8, 4) is 0 Å². The quantitative estimate of drug-likeness (QED) is 0.0534. The van der Waals surface area contributed by atoms with Crippen LogP contribution >= 0.6 is 0 Å². The summed E-state index contributed by atoms with van der Waals surface area (Å²) in [5.74, 6) is -9.20. The summed E-state index contributed by atoms with van der Waals surface area (Å²) in [6, 6.07) is -5.65. The van der Waals surface area contributed by atoms with Gasteiger partial charge in [-0.2, -0.15) is 0 Å². The Balaban J connectivity index is 0.00000588. The number of amides is 3. The Kier molecular flexibility index (Phi) is 29.7. The van der Waals surface area contributed by atoms with E-state index in [1.165, 1.54) is 6.92 Å². The zero-order valence-corrected chi connectivity index (χ0v) is 50.9. The van der Waals surface area contributed by atoms with Crippen molar-refractivity contribution in [3.05, 3.63) is 0 Å². The molecule has 452 valence electrons. The third kappa shape index (κ3) is 16.8. The van der Waals surface area contributed by atoms with E-state index in [9.17, 15) is 110 Å². The molecule has 6 saturated heterocycles. The molecule has 0 aromatic heterocycles. The Morgan fingerprint density at radius 2 is 0.646 bits per heavy atom. The molecule has 0 spiro atoms. The average Bonchev–Trinajstić information content (AvgIpc) is 3.37. The van der Waals surface area contributed by atoms with Crippen LogP contribution in [0.25, 0.3) is 0 Å². The van der Waals surface area contributed by atoms with Gasteiger partial charge in [-0.25, -0.2) is 0 Å². The minimum Gasteiger partial charge on any atom is -0.547 e. The predicted molar refractivity (Wildman–Crippen MR) is 231 cm³/mol. The molecule has 36 nitrogen and oxygen atoms in total. The van der Waals surface area contributed by atoms with Gasteiger partial charge >= 0.3 is 88.7 Å². The molecule has 82 heavy (non-hydrogen) atoms. The number of hydrogen-bond acceptors (Lipinski definition) is 33. The Morgan fingerprint density at radius 1 is 0.366 bits per heavy atom. The maximum absolute atomic E-state index is 12.8. The third-order valence-electron chi connectivity index (χ3n) is 13.8. The largest absolute Gasteiger partial charge is 1.00 e. The van der Waals surface area contributed by atoms with E-state index in [0.29, 0.717) is 0 Å². The number of rotatable bonds is 19. The van der Waals surface area contributed by atoms with E-state index >= 15 is 0 Å². The number of nitrogens with one attached hydrogen (secondary N) is 3. The molecule has 0 saturated carbocycles. The van der Waals surface area contributed by atoms with Gasteiger partial charge in [0.05, 0.1) is 43.8 Å². The molecule has 0 aliphatic carbocycles. The molecule has 6 fully saturated rings. The maximum atomic E-state index is 12.8. The molecule has 6 aliphatic rings. The minimum atomic E-state index is -2.63. The Morgan fingerprint density at radius 3 is 0.963 bits per heavy atom. The number of aliphatic carboxylic acids is 3. The summed E-state index contributed by atoms with van der Waals surface area (Å²) in [5.41, 5.74) is 0. The van der Waals surface area contributed by atoms with E-state index < -0.39 is 239 Å². The van der Waals surface area contributed by atoms with Crippen molar-refractivity contribution in [2.24, 2.45) is 0 Å². The number of carbonyl (C=O) groups excluding carboxylic acids is 6. The zero-order chi connectivity index (χ0) is 58.8. The van der Waals surface area contributed by atoms with E-state index in [-0.39, 0.29) is 88.7 Å². The molecule has 12 unspecified atom stereocenters. The van der Waals surface area contributed by atoms with Crippen LogP contribution in [-0.2, 0) is 80.9 Å². The molecule has 0 bridgehead atoms. The van der Waals surface area contributed by atoms with Gasteiger partial charge in [-0.3, -0.25) is 14.4 Å². The van der Waals surface area contributed by atoms with Gasteiger partial charge in [0.1, 0.15) is 146 Å². The van der Waals surface area contributed by atoms with Crippen LogP contribution in [0.4, 0.5) is 0 Å². The zero-order valence-electron chi connectivity index (χ0n) is 44.9. The van der Waals surface area contributed by atoms with E-state index in [1.807, 2.05) is 0 Å². The molecule has 6 aliphatic heterocycles. The van der Waals surface area contributed by atoms with Gasteiger partial charge in [0.2, 0.25) is 17.7 Å². The second-order valence-electron chi connectivity index (χ2n) is 19.3. The van der Waals surface area contributed by atoms with Crippen molar-refractivity contribution in [2.75, 3.05) is 19.8 Å². The van der Waals surface area contributed by atoms with Crippen LogP contribution in [0.5, 0.6) is 0 Å². The van der Waals surface area contributed by atoms with Gasteiger partial charge in [0, 0.05) is 20.8 Å². The van der Waals surface area contributed by atoms with Crippen molar-refractivity contribution in [3.63, 3.8) is 0 Å². The number of aliphatic hydroxyl groups excluding tert-OH is 13. The van der Waals surface area contributed by atoms with Gasteiger partial charge in [-0.1, -0.05) is 0 Å². The summed E-state index contributed by atoms with van der Waals surface area (Å²) in [6.07, 6.45) is -58.0. The number of carboxylic acids is 3. The Labute approximate surface area is 530 Å². The van der Waals surface area contributed by atoms with E-state index in [2.05, 4.69) is 16.0 Å². The van der Waals surface area contributed by atoms with Gasteiger partial charge < -0.3 is 164 Å². The molecule has 0 radical (unpaired) electrons. The number of hydrogen-bond donors (Lipinski definition) is 16. The SMILES string of the molecule is CC(=O)NC1C(O)[C@@H](O)[C@H](CO)O[C@H]1O[C@@H]1C(C(=O)[O-])O[C@@H](O[C@@H]2C(NC(C)=O)[C@H](O[C@H]3C(O)C(O)[C@H](OC4C(NC(C)=O)[C@H](O[C@@H]5C(C(=O)[O-])O[C@@H](C)C(O)[C@H]5O)O[C@@H](CO)[C@@H]4O)O[C@H]3C(=O)[O-])OC(CO)[C@@H]2O)C(O)[C@H]1O.[Na+].[Na+].[Na+]. The number of carbonyl (C=O) groups is 6. The van der Waals surface area contributed by atoms with Crippen molar-refractivity contribution in [2.45, 2.75) is 212 Å². The van der Waals surface area contributed by atoms with Gasteiger partial charge in [-0.15, -0.1) is 0 Å².